The van der Waals surface area contributed by atoms with E-state index in [0.29, 0.717) is 18.2 Å². The minimum atomic E-state index is -0.848. The van der Waals surface area contributed by atoms with Gasteiger partial charge in [0.25, 0.3) is 0 Å². The lowest BCUT2D eigenvalue weighted by Crippen LogP contribution is -2.24. The smallest absolute Gasteiger partial charge is 0.336 e. The highest BCUT2D eigenvalue weighted by Gasteiger charge is 2.27. The molecule has 4 nitrogen and oxygen atoms in total. The van der Waals surface area contributed by atoms with Crippen molar-refractivity contribution in [3.8, 4) is 0 Å². The predicted molar refractivity (Wildman–Crippen MR) is 99.6 cm³/mol. The lowest BCUT2D eigenvalue weighted by atomic mass is 10.0. The van der Waals surface area contributed by atoms with Gasteiger partial charge in [-0.05, 0) is 56.2 Å². The van der Waals surface area contributed by atoms with Crippen molar-refractivity contribution < 1.29 is 9.90 Å². The number of hydrogen-bond donors (Lipinski definition) is 1. The molecule has 132 valence electrons. The lowest BCUT2D eigenvalue weighted by Gasteiger charge is -2.26. The average molecular weight is 338 g/mol. The van der Waals surface area contributed by atoms with E-state index in [1.54, 1.807) is 12.1 Å². The van der Waals surface area contributed by atoms with Gasteiger partial charge in [-0.1, -0.05) is 42.5 Å². The Morgan fingerprint density at radius 1 is 1.16 bits per heavy atom. The van der Waals surface area contributed by atoms with Crippen molar-refractivity contribution >= 4 is 5.97 Å². The molecule has 1 atom stereocenters. The maximum absolute atomic E-state index is 11.5. The lowest BCUT2D eigenvalue weighted by molar-refractivity contribution is 0.0694. The van der Waals surface area contributed by atoms with Gasteiger partial charge in [0.15, 0.2) is 0 Å². The molecule has 3 rings (SSSR count). The molecule has 1 saturated heterocycles. The van der Waals surface area contributed by atoms with Crippen molar-refractivity contribution in [1.29, 1.82) is 0 Å². The third kappa shape index (κ3) is 4.27. The summed E-state index contributed by atoms with van der Waals surface area (Å²) in [5.74, 6) is -0.848. The Hall–Kier alpha value is -2.17. The zero-order chi connectivity index (χ0) is 17.8. The summed E-state index contributed by atoms with van der Waals surface area (Å²) in [6.45, 7) is 2.64. The summed E-state index contributed by atoms with van der Waals surface area (Å²) >= 11 is 0. The van der Waals surface area contributed by atoms with Crippen molar-refractivity contribution in [2.45, 2.75) is 32.0 Å². The molecular weight excluding hydrogens is 312 g/mol. The molecule has 2 aromatic rings. The standard InChI is InChI=1S/C21H26N2O2/c1-22(2)14-16-9-11-17(12-10-16)20-8-5-13-23(20)15-18-6-3-4-7-19(18)21(24)25/h3-4,6-7,9-12,20H,5,8,13-15H2,1-2H3,(H,24,25)/t20-/m1/s1. The SMILES string of the molecule is CN(C)Cc1ccc([C@H]2CCCN2Cc2ccccc2C(=O)O)cc1. The normalized spacial score (nSPS) is 18.0. The van der Waals surface area contributed by atoms with E-state index in [4.69, 9.17) is 0 Å². The van der Waals surface area contributed by atoms with Gasteiger partial charge in [-0.15, -0.1) is 0 Å². The van der Waals surface area contributed by atoms with Gasteiger partial charge in [0, 0.05) is 19.1 Å². The molecule has 1 fully saturated rings. The predicted octanol–water partition coefficient (Wildman–Crippen LogP) is 3.78. The van der Waals surface area contributed by atoms with Crippen LogP contribution >= 0.6 is 0 Å². The fourth-order valence-corrected chi connectivity index (χ4v) is 3.69. The monoisotopic (exact) mass is 338 g/mol. The van der Waals surface area contributed by atoms with Crippen LogP contribution in [0.15, 0.2) is 48.5 Å². The van der Waals surface area contributed by atoms with Gasteiger partial charge >= 0.3 is 5.97 Å². The Kier molecular flexibility index (Phi) is 5.51. The van der Waals surface area contributed by atoms with E-state index in [9.17, 15) is 9.90 Å². The molecule has 4 heteroatoms. The summed E-state index contributed by atoms with van der Waals surface area (Å²) in [6, 6.07) is 16.6. The van der Waals surface area contributed by atoms with Crippen molar-refractivity contribution in [3.63, 3.8) is 0 Å². The number of aromatic carboxylic acids is 1. The van der Waals surface area contributed by atoms with Crippen LogP contribution in [0.1, 0.15) is 45.9 Å². The van der Waals surface area contributed by atoms with Crippen LogP contribution in [0.5, 0.6) is 0 Å². The molecular formula is C21H26N2O2. The van der Waals surface area contributed by atoms with E-state index in [2.05, 4.69) is 48.2 Å². The molecule has 1 N–H and O–H groups in total. The quantitative estimate of drug-likeness (QED) is 0.870. The molecule has 1 aliphatic rings. The van der Waals surface area contributed by atoms with Crippen molar-refractivity contribution in [2.24, 2.45) is 0 Å². The molecule has 1 heterocycles. The summed E-state index contributed by atoms with van der Waals surface area (Å²) in [4.78, 5) is 16.0. The second kappa shape index (κ2) is 7.81. The number of nitrogens with zero attached hydrogens (tertiary/aromatic N) is 2. The minimum Gasteiger partial charge on any atom is -0.478 e. The van der Waals surface area contributed by atoms with Gasteiger partial charge in [-0.25, -0.2) is 4.79 Å². The first-order valence-corrected chi connectivity index (χ1v) is 8.83. The number of rotatable bonds is 6. The second-order valence-corrected chi connectivity index (χ2v) is 7.07. The Bertz CT molecular complexity index is 725. The number of hydrogen-bond acceptors (Lipinski definition) is 3. The van der Waals surface area contributed by atoms with Crippen molar-refractivity contribution in [3.05, 3.63) is 70.8 Å². The molecule has 2 aromatic carbocycles. The first-order chi connectivity index (χ1) is 12.0. The highest BCUT2D eigenvalue weighted by atomic mass is 16.4. The molecule has 0 aromatic heterocycles. The van der Waals surface area contributed by atoms with Crippen LogP contribution in [-0.2, 0) is 13.1 Å². The Balaban J connectivity index is 1.76. The largest absolute Gasteiger partial charge is 0.478 e. The Morgan fingerprint density at radius 2 is 1.88 bits per heavy atom. The number of benzene rings is 2. The molecule has 0 unspecified atom stereocenters. The third-order valence-electron chi connectivity index (χ3n) is 4.85. The number of carboxylic acid groups (broad SMARTS) is 1. The first kappa shape index (κ1) is 17.6. The van der Waals surface area contributed by atoms with Gasteiger partial charge in [0.1, 0.15) is 0 Å². The van der Waals surface area contributed by atoms with Crippen LogP contribution in [0.3, 0.4) is 0 Å². The summed E-state index contributed by atoms with van der Waals surface area (Å²) in [6.07, 6.45) is 2.28. The van der Waals surface area contributed by atoms with Gasteiger partial charge < -0.3 is 10.0 Å². The molecule has 0 saturated carbocycles. The Labute approximate surface area is 149 Å². The maximum atomic E-state index is 11.5. The highest BCUT2D eigenvalue weighted by Crippen LogP contribution is 2.33. The van der Waals surface area contributed by atoms with Crippen LogP contribution in [0.2, 0.25) is 0 Å². The number of carboxylic acids is 1. The van der Waals surface area contributed by atoms with Gasteiger partial charge in [0.2, 0.25) is 0 Å². The molecule has 0 bridgehead atoms. The van der Waals surface area contributed by atoms with E-state index >= 15 is 0 Å². The van der Waals surface area contributed by atoms with Crippen LogP contribution < -0.4 is 0 Å². The fourth-order valence-electron chi connectivity index (χ4n) is 3.69. The average Bonchev–Trinajstić information content (AvgIpc) is 3.03. The zero-order valence-electron chi connectivity index (χ0n) is 15.0. The molecule has 25 heavy (non-hydrogen) atoms. The summed E-state index contributed by atoms with van der Waals surface area (Å²) in [5, 5.41) is 9.40. The third-order valence-corrected chi connectivity index (χ3v) is 4.85. The summed E-state index contributed by atoms with van der Waals surface area (Å²) in [7, 11) is 4.15. The number of carbonyl (C=O) groups is 1. The van der Waals surface area contributed by atoms with Crippen LogP contribution in [0.4, 0.5) is 0 Å². The molecule has 0 aliphatic carbocycles. The summed E-state index contributed by atoms with van der Waals surface area (Å²) < 4.78 is 0. The zero-order valence-corrected chi connectivity index (χ0v) is 15.0. The van der Waals surface area contributed by atoms with E-state index in [0.717, 1.165) is 31.5 Å². The molecule has 0 amide bonds. The van der Waals surface area contributed by atoms with Gasteiger partial charge in [-0.2, -0.15) is 0 Å². The van der Waals surface area contributed by atoms with Crippen LogP contribution in [0, 0.1) is 0 Å². The summed E-state index contributed by atoms with van der Waals surface area (Å²) in [5.41, 5.74) is 3.95. The second-order valence-electron chi connectivity index (χ2n) is 7.07. The molecule has 0 radical (unpaired) electrons. The highest BCUT2D eigenvalue weighted by molar-refractivity contribution is 5.89. The van der Waals surface area contributed by atoms with E-state index in [-0.39, 0.29) is 0 Å². The van der Waals surface area contributed by atoms with E-state index in [1.165, 1.54) is 11.1 Å². The maximum Gasteiger partial charge on any atom is 0.336 e. The topological polar surface area (TPSA) is 43.8 Å². The van der Waals surface area contributed by atoms with Gasteiger partial charge in [-0.3, -0.25) is 4.90 Å². The molecule has 1 aliphatic heterocycles. The number of likely N-dealkylation sites (tertiary alicyclic amines) is 1. The van der Waals surface area contributed by atoms with Crippen LogP contribution in [-0.4, -0.2) is 41.5 Å². The van der Waals surface area contributed by atoms with Crippen molar-refractivity contribution in [1.82, 2.24) is 9.80 Å². The Morgan fingerprint density at radius 3 is 2.56 bits per heavy atom. The molecule has 0 spiro atoms. The van der Waals surface area contributed by atoms with Gasteiger partial charge in [0.05, 0.1) is 5.56 Å². The van der Waals surface area contributed by atoms with Crippen LogP contribution in [0.25, 0.3) is 0 Å². The van der Waals surface area contributed by atoms with Crippen molar-refractivity contribution in [2.75, 3.05) is 20.6 Å². The fraction of sp³-hybridized carbons (Fsp3) is 0.381. The van der Waals surface area contributed by atoms with E-state index < -0.39 is 5.97 Å². The van der Waals surface area contributed by atoms with E-state index in [1.807, 2.05) is 12.1 Å². The first-order valence-electron chi connectivity index (χ1n) is 8.83. The minimum absolute atomic E-state index is 0.371.